The molecule has 2 rings (SSSR count). The summed E-state index contributed by atoms with van der Waals surface area (Å²) in [6.07, 6.45) is 4.81. The molecule has 1 N–H and O–H groups in total. The normalized spacial score (nSPS) is 35.6. The maximum absolute atomic E-state index is 11.4. The van der Waals surface area contributed by atoms with Gasteiger partial charge in [-0.1, -0.05) is 13.8 Å². The average Bonchev–Trinajstić information content (AvgIpc) is 2.55. The first kappa shape index (κ1) is 14.5. The molecule has 2 saturated heterocycles. The van der Waals surface area contributed by atoms with Crippen LogP contribution in [0.2, 0.25) is 0 Å². The molecular formula is C14H28N2OS. The fraction of sp³-hybridized carbons (Fsp3) is 1.00. The molecule has 0 aromatic rings. The number of nitrogens with one attached hydrogen (secondary N) is 1. The number of hydrogen-bond donors (Lipinski definition) is 1. The Morgan fingerprint density at radius 3 is 2.72 bits per heavy atom. The van der Waals surface area contributed by atoms with Crippen molar-refractivity contribution < 1.29 is 4.21 Å². The highest BCUT2D eigenvalue weighted by Crippen LogP contribution is 2.19. The van der Waals surface area contributed by atoms with Crippen LogP contribution in [0.15, 0.2) is 0 Å². The summed E-state index contributed by atoms with van der Waals surface area (Å²) in [5, 5.41) is 3.69. The van der Waals surface area contributed by atoms with Gasteiger partial charge in [0.05, 0.1) is 0 Å². The Hall–Kier alpha value is 0.0700. The number of rotatable bonds is 3. The second-order valence-corrected chi connectivity index (χ2v) is 7.90. The topological polar surface area (TPSA) is 32.3 Å². The van der Waals surface area contributed by atoms with Gasteiger partial charge in [0.1, 0.15) is 0 Å². The molecule has 2 aliphatic heterocycles. The predicted octanol–water partition coefficient (Wildman–Crippen LogP) is 1.61. The summed E-state index contributed by atoms with van der Waals surface area (Å²) in [6.45, 7) is 8.18. The van der Waals surface area contributed by atoms with E-state index >= 15 is 0 Å². The lowest BCUT2D eigenvalue weighted by molar-refractivity contribution is 0.175. The monoisotopic (exact) mass is 272 g/mol. The zero-order chi connectivity index (χ0) is 13.0. The molecule has 0 spiro atoms. The minimum atomic E-state index is -0.530. The molecule has 2 heterocycles. The van der Waals surface area contributed by atoms with Crippen LogP contribution < -0.4 is 5.32 Å². The summed E-state index contributed by atoms with van der Waals surface area (Å²) in [6, 6.07) is 1.34. The Morgan fingerprint density at radius 1 is 1.33 bits per heavy atom. The molecule has 2 fully saturated rings. The maximum atomic E-state index is 11.4. The lowest BCUT2D eigenvalue weighted by atomic mass is 10.0. The van der Waals surface area contributed by atoms with Crippen LogP contribution in [-0.4, -0.2) is 52.3 Å². The van der Waals surface area contributed by atoms with Gasteiger partial charge in [0.15, 0.2) is 0 Å². The second kappa shape index (κ2) is 7.01. The third-order valence-electron chi connectivity index (χ3n) is 4.14. The molecule has 0 saturated carbocycles. The van der Waals surface area contributed by atoms with Crippen molar-refractivity contribution in [1.82, 2.24) is 10.2 Å². The standard InChI is InChI=1S/C14H28N2OS/c1-12(2)10-13-11-16(7-3-6-15-13)14-4-8-18(17)9-5-14/h12-15H,3-11H2,1-2H3. The van der Waals surface area contributed by atoms with Gasteiger partial charge in [0, 0.05) is 40.9 Å². The SMILES string of the molecule is CC(C)CC1CN(C2CCS(=O)CC2)CCCN1. The van der Waals surface area contributed by atoms with Crippen molar-refractivity contribution in [3.63, 3.8) is 0 Å². The van der Waals surface area contributed by atoms with Crippen molar-refractivity contribution >= 4 is 10.8 Å². The molecule has 3 nitrogen and oxygen atoms in total. The van der Waals surface area contributed by atoms with E-state index in [0.29, 0.717) is 12.1 Å². The van der Waals surface area contributed by atoms with Gasteiger partial charge >= 0.3 is 0 Å². The van der Waals surface area contributed by atoms with Gasteiger partial charge in [0.2, 0.25) is 0 Å². The van der Waals surface area contributed by atoms with E-state index in [-0.39, 0.29) is 0 Å². The van der Waals surface area contributed by atoms with E-state index in [1.807, 2.05) is 0 Å². The van der Waals surface area contributed by atoms with Crippen LogP contribution in [0.5, 0.6) is 0 Å². The summed E-state index contributed by atoms with van der Waals surface area (Å²) < 4.78 is 11.4. The zero-order valence-corrected chi connectivity index (χ0v) is 12.7. The summed E-state index contributed by atoms with van der Waals surface area (Å²) in [7, 11) is -0.530. The average molecular weight is 272 g/mol. The van der Waals surface area contributed by atoms with Crippen LogP contribution in [0, 0.1) is 5.92 Å². The summed E-state index contributed by atoms with van der Waals surface area (Å²) in [5.74, 6) is 2.61. The maximum Gasteiger partial charge on any atom is 0.0249 e. The Kier molecular flexibility index (Phi) is 5.64. The molecule has 106 valence electrons. The molecule has 4 heteroatoms. The number of hydrogen-bond acceptors (Lipinski definition) is 3. The van der Waals surface area contributed by atoms with Gasteiger partial charge in [-0.15, -0.1) is 0 Å². The summed E-state index contributed by atoms with van der Waals surface area (Å²) >= 11 is 0. The minimum Gasteiger partial charge on any atom is -0.313 e. The van der Waals surface area contributed by atoms with Crippen molar-refractivity contribution in [2.45, 2.75) is 51.6 Å². The van der Waals surface area contributed by atoms with Gasteiger partial charge < -0.3 is 5.32 Å². The Balaban J connectivity index is 1.88. The first-order chi connectivity index (χ1) is 8.65. The minimum absolute atomic E-state index is 0.530. The fourth-order valence-corrected chi connectivity index (χ4v) is 4.51. The van der Waals surface area contributed by atoms with Crippen molar-refractivity contribution in [3.05, 3.63) is 0 Å². The van der Waals surface area contributed by atoms with Crippen molar-refractivity contribution in [2.24, 2.45) is 5.92 Å². The highest BCUT2D eigenvalue weighted by molar-refractivity contribution is 7.85. The molecule has 18 heavy (non-hydrogen) atoms. The zero-order valence-electron chi connectivity index (χ0n) is 11.9. The third-order valence-corrected chi connectivity index (χ3v) is 5.52. The molecule has 1 atom stereocenters. The van der Waals surface area contributed by atoms with Crippen LogP contribution >= 0.6 is 0 Å². The van der Waals surface area contributed by atoms with E-state index in [1.165, 1.54) is 25.9 Å². The van der Waals surface area contributed by atoms with E-state index in [1.54, 1.807) is 0 Å². The fourth-order valence-electron chi connectivity index (χ4n) is 3.23. The van der Waals surface area contributed by atoms with E-state index in [2.05, 4.69) is 24.1 Å². The number of nitrogens with zero attached hydrogens (tertiary/aromatic N) is 1. The first-order valence-electron chi connectivity index (χ1n) is 7.47. The lowest BCUT2D eigenvalue weighted by Crippen LogP contribution is -2.45. The molecule has 0 aromatic heterocycles. The van der Waals surface area contributed by atoms with Crippen LogP contribution in [-0.2, 0) is 10.8 Å². The summed E-state index contributed by atoms with van der Waals surface area (Å²) in [4.78, 5) is 2.67. The van der Waals surface area contributed by atoms with Crippen LogP contribution in [0.4, 0.5) is 0 Å². The van der Waals surface area contributed by atoms with Crippen LogP contribution in [0.3, 0.4) is 0 Å². The molecule has 0 aromatic carbocycles. The summed E-state index contributed by atoms with van der Waals surface area (Å²) in [5.41, 5.74) is 0. The third kappa shape index (κ3) is 4.32. The van der Waals surface area contributed by atoms with Gasteiger partial charge in [0.25, 0.3) is 0 Å². The molecule has 0 radical (unpaired) electrons. The molecule has 0 aliphatic carbocycles. The first-order valence-corrected chi connectivity index (χ1v) is 8.96. The Morgan fingerprint density at radius 2 is 2.06 bits per heavy atom. The van der Waals surface area contributed by atoms with Gasteiger partial charge in [-0.3, -0.25) is 9.11 Å². The highest BCUT2D eigenvalue weighted by Gasteiger charge is 2.27. The Labute approximate surface area is 114 Å². The van der Waals surface area contributed by atoms with Gasteiger partial charge in [-0.05, 0) is 44.7 Å². The second-order valence-electron chi connectivity index (χ2n) is 6.21. The highest BCUT2D eigenvalue weighted by atomic mass is 32.2. The Bertz CT molecular complexity index is 273. The molecule has 0 amide bonds. The molecule has 1 unspecified atom stereocenters. The van der Waals surface area contributed by atoms with Crippen molar-refractivity contribution in [1.29, 1.82) is 0 Å². The van der Waals surface area contributed by atoms with Crippen molar-refractivity contribution in [3.8, 4) is 0 Å². The van der Waals surface area contributed by atoms with E-state index in [0.717, 1.165) is 36.8 Å². The van der Waals surface area contributed by atoms with Gasteiger partial charge in [-0.2, -0.15) is 0 Å². The van der Waals surface area contributed by atoms with E-state index in [4.69, 9.17) is 0 Å². The molecule has 2 aliphatic rings. The lowest BCUT2D eigenvalue weighted by Gasteiger charge is -2.35. The van der Waals surface area contributed by atoms with Crippen molar-refractivity contribution in [2.75, 3.05) is 31.1 Å². The smallest absolute Gasteiger partial charge is 0.0249 e. The molecule has 0 bridgehead atoms. The largest absolute Gasteiger partial charge is 0.313 e. The quantitative estimate of drug-likeness (QED) is 0.847. The van der Waals surface area contributed by atoms with Crippen LogP contribution in [0.1, 0.15) is 39.5 Å². The van der Waals surface area contributed by atoms with E-state index < -0.39 is 10.8 Å². The predicted molar refractivity (Wildman–Crippen MR) is 78.3 cm³/mol. The van der Waals surface area contributed by atoms with E-state index in [9.17, 15) is 4.21 Å². The van der Waals surface area contributed by atoms with Crippen LogP contribution in [0.25, 0.3) is 0 Å². The van der Waals surface area contributed by atoms with Gasteiger partial charge in [-0.25, -0.2) is 0 Å². The molecular weight excluding hydrogens is 244 g/mol.